The first kappa shape index (κ1) is 18.2. The molecule has 4 amide bonds. The Hall–Kier alpha value is -3.15. The lowest BCUT2D eigenvalue weighted by atomic mass is 9.69. The van der Waals surface area contributed by atoms with Gasteiger partial charge in [-0.25, -0.2) is 4.79 Å². The normalized spacial score (nSPS) is 18.9. The fourth-order valence-electron chi connectivity index (χ4n) is 4.27. The fourth-order valence-corrected chi connectivity index (χ4v) is 4.27. The number of urea groups is 1. The Morgan fingerprint density at radius 2 is 1.57 bits per heavy atom. The van der Waals surface area contributed by atoms with Gasteiger partial charge in [-0.05, 0) is 24.0 Å². The number of rotatable bonds is 4. The van der Waals surface area contributed by atoms with E-state index in [2.05, 4.69) is 29.6 Å². The monoisotopic (exact) mass is 377 g/mol. The molecule has 2 heterocycles. The van der Waals surface area contributed by atoms with E-state index in [4.69, 9.17) is 0 Å². The molecule has 0 bridgehead atoms. The summed E-state index contributed by atoms with van der Waals surface area (Å²) in [6, 6.07) is 20.0. The van der Waals surface area contributed by atoms with Crippen LogP contribution in [0.2, 0.25) is 0 Å². The highest BCUT2D eigenvalue weighted by molar-refractivity contribution is 6.04. The van der Waals surface area contributed by atoms with E-state index in [0.29, 0.717) is 13.1 Å². The summed E-state index contributed by atoms with van der Waals surface area (Å²) in [5.41, 5.74) is 2.05. The molecule has 0 aliphatic carbocycles. The minimum Gasteiger partial charge on any atom is -0.340 e. The van der Waals surface area contributed by atoms with Gasteiger partial charge in [0.1, 0.15) is 6.54 Å². The number of imide groups is 1. The van der Waals surface area contributed by atoms with Gasteiger partial charge in [0, 0.05) is 18.5 Å². The second-order valence-electron chi connectivity index (χ2n) is 7.37. The van der Waals surface area contributed by atoms with Crippen LogP contribution in [0.3, 0.4) is 0 Å². The maximum absolute atomic E-state index is 12.9. The number of benzene rings is 2. The number of nitrogens with zero attached hydrogens (tertiary/aromatic N) is 2. The van der Waals surface area contributed by atoms with Crippen LogP contribution >= 0.6 is 0 Å². The molecule has 0 unspecified atom stereocenters. The van der Waals surface area contributed by atoms with Crippen LogP contribution in [-0.2, 0) is 15.0 Å². The molecule has 1 N–H and O–H groups in total. The minimum atomic E-state index is -0.493. The third kappa shape index (κ3) is 3.26. The van der Waals surface area contributed by atoms with Crippen molar-refractivity contribution in [2.45, 2.75) is 18.3 Å². The van der Waals surface area contributed by atoms with Gasteiger partial charge in [-0.2, -0.15) is 0 Å². The Kier molecular flexibility index (Phi) is 4.86. The van der Waals surface area contributed by atoms with Crippen molar-refractivity contribution in [1.29, 1.82) is 0 Å². The summed E-state index contributed by atoms with van der Waals surface area (Å²) in [4.78, 5) is 39.4. The predicted octanol–water partition coefficient (Wildman–Crippen LogP) is 2.15. The van der Waals surface area contributed by atoms with Crippen LogP contribution in [-0.4, -0.2) is 53.8 Å². The summed E-state index contributed by atoms with van der Waals surface area (Å²) >= 11 is 0. The molecule has 6 heteroatoms. The maximum Gasteiger partial charge on any atom is 0.325 e. The van der Waals surface area contributed by atoms with E-state index in [1.165, 1.54) is 11.1 Å². The van der Waals surface area contributed by atoms with Crippen LogP contribution in [0.1, 0.15) is 24.0 Å². The van der Waals surface area contributed by atoms with E-state index >= 15 is 0 Å². The number of carbonyl (C=O) groups is 3. The molecular formula is C22H23N3O3. The number of likely N-dealkylation sites (tertiary alicyclic amines) is 1. The number of hydrogen-bond donors (Lipinski definition) is 1. The van der Waals surface area contributed by atoms with Crippen LogP contribution in [0.15, 0.2) is 60.7 Å². The van der Waals surface area contributed by atoms with E-state index in [9.17, 15) is 14.4 Å². The smallest absolute Gasteiger partial charge is 0.325 e. The van der Waals surface area contributed by atoms with Gasteiger partial charge < -0.3 is 10.2 Å². The van der Waals surface area contributed by atoms with Crippen LogP contribution < -0.4 is 5.32 Å². The molecule has 2 fully saturated rings. The molecule has 2 aliphatic rings. The van der Waals surface area contributed by atoms with E-state index in [-0.39, 0.29) is 30.3 Å². The highest BCUT2D eigenvalue weighted by atomic mass is 16.2. The van der Waals surface area contributed by atoms with Gasteiger partial charge in [0.25, 0.3) is 5.91 Å². The van der Waals surface area contributed by atoms with Crippen LogP contribution in [0.5, 0.6) is 0 Å². The summed E-state index contributed by atoms with van der Waals surface area (Å²) in [6.45, 7) is 0.918. The van der Waals surface area contributed by atoms with Gasteiger partial charge >= 0.3 is 6.03 Å². The first-order valence-electron chi connectivity index (χ1n) is 9.57. The SMILES string of the molecule is O=C(CN1C(=O)CNC1=O)N1CCCC(c2ccccc2)(c2ccccc2)C1. The molecule has 0 radical (unpaired) electrons. The van der Waals surface area contributed by atoms with Gasteiger partial charge in [0.2, 0.25) is 5.91 Å². The van der Waals surface area contributed by atoms with Crippen molar-refractivity contribution in [3.63, 3.8) is 0 Å². The van der Waals surface area contributed by atoms with E-state index < -0.39 is 6.03 Å². The molecule has 144 valence electrons. The number of nitrogens with one attached hydrogen (secondary N) is 1. The summed E-state index contributed by atoms with van der Waals surface area (Å²) in [5, 5.41) is 2.46. The zero-order valence-corrected chi connectivity index (χ0v) is 15.6. The van der Waals surface area contributed by atoms with Gasteiger partial charge in [-0.15, -0.1) is 0 Å². The second-order valence-corrected chi connectivity index (χ2v) is 7.37. The lowest BCUT2D eigenvalue weighted by Crippen LogP contribution is -2.52. The standard InChI is InChI=1S/C22H23N3O3/c26-19-14-23-21(28)25(19)15-20(27)24-13-7-12-22(16-24,17-8-3-1-4-9-17)18-10-5-2-6-11-18/h1-6,8-11H,7,12-16H2,(H,23,28). The van der Waals surface area contributed by atoms with Crippen molar-refractivity contribution in [3.05, 3.63) is 71.8 Å². The van der Waals surface area contributed by atoms with Crippen LogP contribution in [0.4, 0.5) is 4.79 Å². The number of carbonyl (C=O) groups excluding carboxylic acids is 3. The Labute approximate surface area is 164 Å². The third-order valence-corrected chi connectivity index (χ3v) is 5.73. The van der Waals surface area contributed by atoms with Crippen LogP contribution in [0, 0.1) is 0 Å². The third-order valence-electron chi connectivity index (χ3n) is 5.73. The Morgan fingerprint density at radius 1 is 0.964 bits per heavy atom. The maximum atomic E-state index is 12.9. The number of amides is 4. The van der Waals surface area contributed by atoms with Gasteiger partial charge in [0.15, 0.2) is 0 Å². The van der Waals surface area contributed by atoms with E-state index in [1.807, 2.05) is 36.4 Å². The zero-order valence-electron chi connectivity index (χ0n) is 15.6. The van der Waals surface area contributed by atoms with E-state index in [0.717, 1.165) is 17.7 Å². The van der Waals surface area contributed by atoms with E-state index in [1.54, 1.807) is 4.90 Å². The first-order chi connectivity index (χ1) is 13.6. The summed E-state index contributed by atoms with van der Waals surface area (Å²) in [7, 11) is 0. The number of hydrogen-bond acceptors (Lipinski definition) is 3. The Balaban J connectivity index is 1.63. The largest absolute Gasteiger partial charge is 0.340 e. The molecule has 0 spiro atoms. The minimum absolute atomic E-state index is 0.0376. The Bertz CT molecular complexity index is 827. The predicted molar refractivity (Wildman–Crippen MR) is 105 cm³/mol. The van der Waals surface area contributed by atoms with Gasteiger partial charge in [-0.1, -0.05) is 60.7 Å². The van der Waals surface area contributed by atoms with Crippen LogP contribution in [0.25, 0.3) is 0 Å². The Morgan fingerprint density at radius 3 is 2.11 bits per heavy atom. The molecule has 4 rings (SSSR count). The lowest BCUT2D eigenvalue weighted by molar-refractivity contribution is -0.137. The highest BCUT2D eigenvalue weighted by Gasteiger charge is 2.41. The van der Waals surface area contributed by atoms with Crippen molar-refractivity contribution < 1.29 is 14.4 Å². The van der Waals surface area contributed by atoms with Crippen molar-refractivity contribution in [1.82, 2.24) is 15.1 Å². The second kappa shape index (κ2) is 7.46. The molecule has 0 aromatic heterocycles. The van der Waals surface area contributed by atoms with Crippen molar-refractivity contribution in [2.24, 2.45) is 0 Å². The topological polar surface area (TPSA) is 69.7 Å². The molecule has 2 aromatic carbocycles. The van der Waals surface area contributed by atoms with Gasteiger partial charge in [0.05, 0.1) is 6.54 Å². The highest BCUT2D eigenvalue weighted by Crippen LogP contribution is 2.40. The molecule has 0 saturated carbocycles. The van der Waals surface area contributed by atoms with Crippen molar-refractivity contribution in [2.75, 3.05) is 26.2 Å². The summed E-state index contributed by atoms with van der Waals surface area (Å²) in [6.07, 6.45) is 1.80. The number of piperidine rings is 1. The summed E-state index contributed by atoms with van der Waals surface area (Å²) in [5.74, 6) is -0.547. The fraction of sp³-hybridized carbons (Fsp3) is 0.318. The molecule has 2 aromatic rings. The molecule has 0 atom stereocenters. The molecule has 6 nitrogen and oxygen atoms in total. The van der Waals surface area contributed by atoms with Gasteiger partial charge in [-0.3, -0.25) is 14.5 Å². The zero-order chi connectivity index (χ0) is 19.6. The van der Waals surface area contributed by atoms with Crippen molar-refractivity contribution in [3.8, 4) is 0 Å². The molecule has 2 saturated heterocycles. The lowest BCUT2D eigenvalue weighted by Gasteiger charge is -2.44. The quantitative estimate of drug-likeness (QED) is 0.830. The summed E-state index contributed by atoms with van der Waals surface area (Å²) < 4.78 is 0. The molecule has 28 heavy (non-hydrogen) atoms. The average Bonchev–Trinajstić information content (AvgIpc) is 3.07. The molecular weight excluding hydrogens is 354 g/mol. The molecule has 2 aliphatic heterocycles. The first-order valence-corrected chi connectivity index (χ1v) is 9.57. The average molecular weight is 377 g/mol. The van der Waals surface area contributed by atoms with Crippen molar-refractivity contribution >= 4 is 17.8 Å².